The number of ether oxygens (including phenoxy) is 1. The van der Waals surface area contributed by atoms with Crippen LogP contribution in [0.4, 0.5) is 0 Å². The van der Waals surface area contributed by atoms with Crippen molar-refractivity contribution in [1.29, 1.82) is 0 Å². The summed E-state index contributed by atoms with van der Waals surface area (Å²) in [5, 5.41) is 0. The molecule has 0 bridgehead atoms. The van der Waals surface area contributed by atoms with Crippen molar-refractivity contribution >= 4 is 22.9 Å². The molecule has 2 aromatic rings. The number of nitrogens with zero attached hydrogens (tertiary/aromatic N) is 3. The number of likely N-dealkylation sites (tertiary alicyclic amines) is 1. The van der Waals surface area contributed by atoms with E-state index in [-0.39, 0.29) is 24.2 Å². The van der Waals surface area contributed by atoms with Gasteiger partial charge in [-0.25, -0.2) is 9.78 Å². The maximum atomic E-state index is 12.3. The van der Waals surface area contributed by atoms with Gasteiger partial charge in [0.05, 0.1) is 17.2 Å². The minimum Gasteiger partial charge on any atom is -0.451 e. The van der Waals surface area contributed by atoms with Crippen LogP contribution in [0.2, 0.25) is 0 Å². The summed E-state index contributed by atoms with van der Waals surface area (Å²) in [6, 6.07) is 7.55. The van der Waals surface area contributed by atoms with Crippen molar-refractivity contribution in [3.8, 4) is 0 Å². The number of carbonyl (C=O) groups is 2. The van der Waals surface area contributed by atoms with E-state index in [1.165, 1.54) is 6.20 Å². The van der Waals surface area contributed by atoms with Crippen LogP contribution in [-0.4, -0.2) is 45.9 Å². The Morgan fingerprint density at radius 3 is 2.83 bits per heavy atom. The largest absolute Gasteiger partial charge is 0.451 e. The van der Waals surface area contributed by atoms with Gasteiger partial charge in [-0.1, -0.05) is 19.1 Å². The Morgan fingerprint density at radius 2 is 2.04 bits per heavy atom. The second kappa shape index (κ2) is 7.38. The standard InChI is InChI=1S/C18H21N3O3/c1-2-13-7-5-6-10-21(13)17(22)12-24-18(23)16-11-19-14-8-3-4-9-15(14)20-16/h3-4,8-9,11,13H,2,5-7,10,12H2,1H3. The molecule has 24 heavy (non-hydrogen) atoms. The molecular formula is C18H21N3O3. The molecule has 0 saturated carbocycles. The predicted octanol–water partition coefficient (Wildman–Crippen LogP) is 2.58. The highest BCUT2D eigenvalue weighted by Gasteiger charge is 2.26. The molecule has 0 aliphatic carbocycles. The average molecular weight is 327 g/mol. The van der Waals surface area contributed by atoms with Gasteiger partial charge in [-0.2, -0.15) is 0 Å². The SMILES string of the molecule is CCC1CCCCN1C(=O)COC(=O)c1cnc2ccccc2n1. The first kappa shape index (κ1) is 16.4. The summed E-state index contributed by atoms with van der Waals surface area (Å²) in [4.78, 5) is 34.7. The van der Waals surface area contributed by atoms with Gasteiger partial charge in [0, 0.05) is 12.6 Å². The Kier molecular flexibility index (Phi) is 5.03. The lowest BCUT2D eigenvalue weighted by atomic mass is 10.00. The number of amides is 1. The normalized spacial score (nSPS) is 17.7. The second-order valence-corrected chi connectivity index (χ2v) is 5.97. The van der Waals surface area contributed by atoms with Crippen molar-refractivity contribution in [3.63, 3.8) is 0 Å². The summed E-state index contributed by atoms with van der Waals surface area (Å²) in [7, 11) is 0. The van der Waals surface area contributed by atoms with E-state index in [0.717, 1.165) is 32.2 Å². The molecule has 1 fully saturated rings. The zero-order valence-corrected chi connectivity index (χ0v) is 13.8. The van der Waals surface area contributed by atoms with Crippen molar-refractivity contribution < 1.29 is 14.3 Å². The van der Waals surface area contributed by atoms with E-state index in [0.29, 0.717) is 11.0 Å². The number of esters is 1. The van der Waals surface area contributed by atoms with Crippen molar-refractivity contribution in [3.05, 3.63) is 36.2 Å². The van der Waals surface area contributed by atoms with Gasteiger partial charge in [0.25, 0.3) is 5.91 Å². The summed E-state index contributed by atoms with van der Waals surface area (Å²) >= 11 is 0. The highest BCUT2D eigenvalue weighted by atomic mass is 16.5. The third-order valence-corrected chi connectivity index (χ3v) is 4.40. The van der Waals surface area contributed by atoms with Gasteiger partial charge < -0.3 is 9.64 Å². The van der Waals surface area contributed by atoms with Gasteiger partial charge in [0.1, 0.15) is 0 Å². The maximum absolute atomic E-state index is 12.3. The minimum atomic E-state index is -0.619. The van der Waals surface area contributed by atoms with Crippen LogP contribution < -0.4 is 0 Å². The molecular weight excluding hydrogens is 306 g/mol. The highest BCUT2D eigenvalue weighted by molar-refractivity contribution is 5.91. The first-order chi connectivity index (χ1) is 11.7. The molecule has 1 aliphatic heterocycles. The van der Waals surface area contributed by atoms with Gasteiger partial charge in [-0.15, -0.1) is 0 Å². The second-order valence-electron chi connectivity index (χ2n) is 5.97. The van der Waals surface area contributed by atoms with Gasteiger partial charge in [-0.05, 0) is 37.8 Å². The summed E-state index contributed by atoms with van der Waals surface area (Å²) in [6.07, 6.45) is 5.48. The Labute approximate surface area is 140 Å². The highest BCUT2D eigenvalue weighted by Crippen LogP contribution is 2.19. The van der Waals surface area contributed by atoms with Gasteiger partial charge in [0.2, 0.25) is 0 Å². The van der Waals surface area contributed by atoms with Crippen molar-refractivity contribution in [2.45, 2.75) is 38.6 Å². The Balaban J connectivity index is 1.62. The molecule has 1 saturated heterocycles. The zero-order chi connectivity index (χ0) is 16.9. The van der Waals surface area contributed by atoms with Crippen LogP contribution in [0, 0.1) is 0 Å². The molecule has 6 heteroatoms. The summed E-state index contributed by atoms with van der Waals surface area (Å²) < 4.78 is 5.15. The molecule has 1 aromatic carbocycles. The molecule has 1 aromatic heterocycles. The fourth-order valence-electron chi connectivity index (χ4n) is 3.09. The van der Waals surface area contributed by atoms with E-state index in [1.807, 2.05) is 23.1 Å². The quantitative estimate of drug-likeness (QED) is 0.807. The summed E-state index contributed by atoms with van der Waals surface area (Å²) in [5.41, 5.74) is 1.46. The number of carbonyl (C=O) groups excluding carboxylic acids is 2. The van der Waals surface area contributed by atoms with E-state index in [9.17, 15) is 9.59 Å². The predicted molar refractivity (Wildman–Crippen MR) is 89.5 cm³/mol. The maximum Gasteiger partial charge on any atom is 0.359 e. The van der Waals surface area contributed by atoms with Crippen LogP contribution in [0.25, 0.3) is 11.0 Å². The van der Waals surface area contributed by atoms with E-state index in [2.05, 4.69) is 16.9 Å². The minimum absolute atomic E-state index is 0.118. The molecule has 1 unspecified atom stereocenters. The van der Waals surface area contributed by atoms with E-state index < -0.39 is 5.97 Å². The molecule has 1 atom stereocenters. The van der Waals surface area contributed by atoms with E-state index in [1.54, 1.807) is 6.07 Å². The molecule has 3 rings (SSSR count). The molecule has 0 spiro atoms. The van der Waals surface area contributed by atoms with Crippen molar-refractivity contribution in [2.75, 3.05) is 13.2 Å². The van der Waals surface area contributed by atoms with Crippen LogP contribution in [-0.2, 0) is 9.53 Å². The van der Waals surface area contributed by atoms with Crippen LogP contribution in [0.1, 0.15) is 43.1 Å². The first-order valence-electron chi connectivity index (χ1n) is 8.37. The van der Waals surface area contributed by atoms with E-state index in [4.69, 9.17) is 4.74 Å². The number of benzene rings is 1. The number of para-hydroxylation sites is 2. The first-order valence-corrected chi connectivity index (χ1v) is 8.37. The molecule has 1 amide bonds. The fourth-order valence-corrected chi connectivity index (χ4v) is 3.09. The third-order valence-electron chi connectivity index (χ3n) is 4.40. The van der Waals surface area contributed by atoms with Crippen molar-refractivity contribution in [1.82, 2.24) is 14.9 Å². The lowest BCUT2D eigenvalue weighted by Gasteiger charge is -2.35. The van der Waals surface area contributed by atoms with Gasteiger partial charge in [0.15, 0.2) is 12.3 Å². The Hall–Kier alpha value is -2.50. The lowest BCUT2D eigenvalue weighted by molar-refractivity contribution is -0.138. The number of hydrogen-bond acceptors (Lipinski definition) is 5. The number of hydrogen-bond donors (Lipinski definition) is 0. The van der Waals surface area contributed by atoms with E-state index >= 15 is 0 Å². The monoisotopic (exact) mass is 327 g/mol. The molecule has 0 N–H and O–H groups in total. The molecule has 126 valence electrons. The smallest absolute Gasteiger partial charge is 0.359 e. The zero-order valence-electron chi connectivity index (χ0n) is 13.8. The average Bonchev–Trinajstić information content (AvgIpc) is 2.65. The number of rotatable bonds is 4. The number of fused-ring (bicyclic) bond motifs is 1. The molecule has 1 aliphatic rings. The molecule has 0 radical (unpaired) electrons. The Bertz CT molecular complexity index is 747. The fraction of sp³-hybridized carbons (Fsp3) is 0.444. The van der Waals surface area contributed by atoms with Crippen LogP contribution in [0.5, 0.6) is 0 Å². The van der Waals surface area contributed by atoms with Gasteiger partial charge >= 0.3 is 5.97 Å². The van der Waals surface area contributed by atoms with Crippen molar-refractivity contribution in [2.24, 2.45) is 0 Å². The van der Waals surface area contributed by atoms with Crippen LogP contribution in [0.15, 0.2) is 30.5 Å². The Morgan fingerprint density at radius 1 is 1.25 bits per heavy atom. The summed E-state index contributed by atoms with van der Waals surface area (Å²) in [6.45, 7) is 2.57. The molecule has 2 heterocycles. The number of aromatic nitrogens is 2. The number of piperidine rings is 1. The van der Waals surface area contributed by atoms with Crippen LogP contribution in [0.3, 0.4) is 0 Å². The van der Waals surface area contributed by atoms with Gasteiger partial charge in [-0.3, -0.25) is 9.78 Å². The topological polar surface area (TPSA) is 72.4 Å². The summed E-state index contributed by atoms with van der Waals surface area (Å²) in [5.74, 6) is -0.754. The third kappa shape index (κ3) is 3.53. The molecule has 6 nitrogen and oxygen atoms in total. The van der Waals surface area contributed by atoms with Crippen LogP contribution >= 0.6 is 0 Å². The lowest BCUT2D eigenvalue weighted by Crippen LogP contribution is -2.45.